The third kappa shape index (κ3) is 3.62. The number of hydrogen-bond acceptors (Lipinski definition) is 3. The van der Waals surface area contributed by atoms with Crippen LogP contribution in [0.4, 0.5) is 0 Å². The molecule has 2 aromatic rings. The summed E-state index contributed by atoms with van der Waals surface area (Å²) in [6.07, 6.45) is 0. The first-order chi connectivity index (χ1) is 9.29. The van der Waals surface area contributed by atoms with Gasteiger partial charge in [-0.1, -0.05) is 35.4 Å². The Bertz CT molecular complexity index is 600. The summed E-state index contributed by atoms with van der Waals surface area (Å²) in [4.78, 5) is 14.4. The molecular weight excluding hydrogens is 244 g/mol. The number of rotatable bonds is 5. The predicted octanol–water partition coefficient (Wildman–Crippen LogP) is 3.02. The van der Waals surface area contributed by atoms with Crippen LogP contribution in [0.1, 0.15) is 21.9 Å². The minimum Gasteiger partial charge on any atom is -0.456 e. The first-order valence-corrected chi connectivity index (χ1v) is 5.71. The van der Waals surface area contributed by atoms with Gasteiger partial charge in [0.05, 0.1) is 6.54 Å². The number of carbonyl (C=O) groups excluding carboxylic acids is 1. The number of nitrogens with zero attached hydrogens (tertiary/aromatic N) is 3. The van der Waals surface area contributed by atoms with Crippen molar-refractivity contribution in [3.05, 3.63) is 70.0 Å². The van der Waals surface area contributed by atoms with Crippen LogP contribution in [0.3, 0.4) is 0 Å². The van der Waals surface area contributed by atoms with E-state index < -0.39 is 0 Å². The minimum absolute atomic E-state index is 0.0997. The lowest BCUT2D eigenvalue weighted by Crippen LogP contribution is -2.22. The van der Waals surface area contributed by atoms with Gasteiger partial charge in [0, 0.05) is 11.5 Å². The predicted molar refractivity (Wildman–Crippen MR) is 69.2 cm³/mol. The molecule has 0 fully saturated rings. The first-order valence-electron chi connectivity index (χ1n) is 5.71. The smallest absolute Gasteiger partial charge is 0.287 e. The maximum atomic E-state index is 11.8. The topological polar surface area (TPSA) is 91.0 Å². The molecule has 1 amide bonds. The molecular formula is C13H12N4O2. The van der Waals surface area contributed by atoms with Gasteiger partial charge >= 0.3 is 0 Å². The van der Waals surface area contributed by atoms with Gasteiger partial charge in [0.25, 0.3) is 5.91 Å². The molecule has 1 heterocycles. The lowest BCUT2D eigenvalue weighted by molar-refractivity contribution is 0.0921. The van der Waals surface area contributed by atoms with E-state index in [1.807, 2.05) is 30.3 Å². The van der Waals surface area contributed by atoms with Crippen LogP contribution in [-0.2, 0) is 13.1 Å². The summed E-state index contributed by atoms with van der Waals surface area (Å²) in [6.45, 7) is 0.536. The third-order valence-corrected chi connectivity index (χ3v) is 2.47. The maximum absolute atomic E-state index is 11.8. The molecule has 0 saturated carbocycles. The Morgan fingerprint density at radius 2 is 2.05 bits per heavy atom. The largest absolute Gasteiger partial charge is 0.456 e. The summed E-state index contributed by atoms with van der Waals surface area (Å²) in [7, 11) is 0. The summed E-state index contributed by atoms with van der Waals surface area (Å²) in [5.41, 5.74) is 9.20. The zero-order chi connectivity index (χ0) is 13.5. The van der Waals surface area contributed by atoms with Crippen molar-refractivity contribution in [2.45, 2.75) is 13.1 Å². The Morgan fingerprint density at radius 1 is 1.26 bits per heavy atom. The highest BCUT2D eigenvalue weighted by molar-refractivity contribution is 5.91. The summed E-state index contributed by atoms with van der Waals surface area (Å²) in [5.74, 6) is 0.373. The van der Waals surface area contributed by atoms with Crippen molar-refractivity contribution in [1.29, 1.82) is 0 Å². The molecule has 0 aliphatic carbocycles. The van der Waals surface area contributed by atoms with Crippen LogP contribution in [0, 0.1) is 0 Å². The van der Waals surface area contributed by atoms with Gasteiger partial charge < -0.3 is 9.73 Å². The standard InChI is InChI=1S/C13H12N4O2/c14-17-16-9-11-6-7-12(19-11)13(18)15-8-10-4-2-1-3-5-10/h1-7H,8-9H2,(H,15,18). The number of azide groups is 1. The van der Waals surface area contributed by atoms with E-state index in [-0.39, 0.29) is 18.2 Å². The van der Waals surface area contributed by atoms with Gasteiger partial charge in [0.1, 0.15) is 5.76 Å². The average Bonchev–Trinajstić information content (AvgIpc) is 2.92. The van der Waals surface area contributed by atoms with E-state index in [4.69, 9.17) is 9.95 Å². The first kappa shape index (κ1) is 12.7. The van der Waals surface area contributed by atoms with Gasteiger partial charge in [-0.05, 0) is 23.2 Å². The number of benzene rings is 1. The third-order valence-electron chi connectivity index (χ3n) is 2.47. The highest BCUT2D eigenvalue weighted by atomic mass is 16.4. The quantitative estimate of drug-likeness (QED) is 0.506. The molecule has 0 aliphatic heterocycles. The van der Waals surface area contributed by atoms with Crippen molar-refractivity contribution < 1.29 is 9.21 Å². The molecule has 0 saturated heterocycles. The number of carbonyl (C=O) groups is 1. The van der Waals surface area contributed by atoms with Crippen LogP contribution in [0.5, 0.6) is 0 Å². The maximum Gasteiger partial charge on any atom is 0.287 e. The van der Waals surface area contributed by atoms with E-state index in [1.54, 1.807) is 12.1 Å². The van der Waals surface area contributed by atoms with Crippen molar-refractivity contribution >= 4 is 5.91 Å². The summed E-state index contributed by atoms with van der Waals surface area (Å²) in [5, 5.41) is 6.11. The van der Waals surface area contributed by atoms with Crippen molar-refractivity contribution in [2.24, 2.45) is 5.11 Å². The van der Waals surface area contributed by atoms with E-state index in [2.05, 4.69) is 15.3 Å². The molecule has 1 aromatic heterocycles. The van der Waals surface area contributed by atoms with Gasteiger partial charge in [0.2, 0.25) is 0 Å². The second kappa shape index (κ2) is 6.28. The average molecular weight is 256 g/mol. The fourth-order valence-corrected chi connectivity index (χ4v) is 1.55. The lowest BCUT2D eigenvalue weighted by Gasteiger charge is -2.02. The summed E-state index contributed by atoms with van der Waals surface area (Å²) in [6, 6.07) is 12.8. The van der Waals surface area contributed by atoms with Crippen molar-refractivity contribution in [3.8, 4) is 0 Å². The van der Waals surface area contributed by atoms with Gasteiger partial charge in [-0.2, -0.15) is 0 Å². The fraction of sp³-hybridized carbons (Fsp3) is 0.154. The summed E-state index contributed by atoms with van der Waals surface area (Å²) >= 11 is 0. The number of hydrogen-bond donors (Lipinski definition) is 1. The van der Waals surface area contributed by atoms with Crippen LogP contribution in [-0.4, -0.2) is 5.91 Å². The SMILES string of the molecule is [N-]=[N+]=NCc1ccc(C(=O)NCc2ccccc2)o1. The van der Waals surface area contributed by atoms with Crippen LogP contribution >= 0.6 is 0 Å². The molecule has 6 heteroatoms. The molecule has 0 unspecified atom stereocenters. The Morgan fingerprint density at radius 3 is 2.79 bits per heavy atom. The van der Waals surface area contributed by atoms with Crippen molar-refractivity contribution in [3.63, 3.8) is 0 Å². The Kier molecular flexibility index (Phi) is 4.21. The molecule has 96 valence electrons. The zero-order valence-corrected chi connectivity index (χ0v) is 10.1. The monoisotopic (exact) mass is 256 g/mol. The number of amides is 1. The molecule has 19 heavy (non-hydrogen) atoms. The second-order valence-electron chi connectivity index (χ2n) is 3.82. The highest BCUT2D eigenvalue weighted by Crippen LogP contribution is 2.09. The van der Waals surface area contributed by atoms with E-state index >= 15 is 0 Å². The number of furan rings is 1. The van der Waals surface area contributed by atoms with Gasteiger partial charge in [0.15, 0.2) is 5.76 Å². The highest BCUT2D eigenvalue weighted by Gasteiger charge is 2.10. The number of nitrogens with one attached hydrogen (secondary N) is 1. The van der Waals surface area contributed by atoms with E-state index in [0.29, 0.717) is 12.3 Å². The van der Waals surface area contributed by atoms with Crippen molar-refractivity contribution in [2.75, 3.05) is 0 Å². The lowest BCUT2D eigenvalue weighted by atomic mass is 10.2. The molecule has 6 nitrogen and oxygen atoms in total. The second-order valence-corrected chi connectivity index (χ2v) is 3.82. The van der Waals surface area contributed by atoms with Crippen LogP contribution in [0.2, 0.25) is 0 Å². The molecule has 0 bridgehead atoms. The molecule has 2 rings (SSSR count). The van der Waals surface area contributed by atoms with Crippen LogP contribution < -0.4 is 5.32 Å². The summed E-state index contributed by atoms with van der Waals surface area (Å²) < 4.78 is 5.26. The Balaban J connectivity index is 1.92. The van der Waals surface area contributed by atoms with E-state index in [1.165, 1.54) is 0 Å². The molecule has 0 radical (unpaired) electrons. The van der Waals surface area contributed by atoms with Gasteiger partial charge in [-0.25, -0.2) is 0 Å². The molecule has 0 aliphatic rings. The molecule has 0 spiro atoms. The van der Waals surface area contributed by atoms with Crippen LogP contribution in [0.25, 0.3) is 10.4 Å². The van der Waals surface area contributed by atoms with Crippen molar-refractivity contribution in [1.82, 2.24) is 5.32 Å². The van der Waals surface area contributed by atoms with E-state index in [9.17, 15) is 4.79 Å². The Labute approximate surface area is 109 Å². The molecule has 1 N–H and O–H groups in total. The van der Waals surface area contributed by atoms with E-state index in [0.717, 1.165) is 5.56 Å². The minimum atomic E-state index is -0.295. The van der Waals surface area contributed by atoms with Gasteiger partial charge in [-0.3, -0.25) is 4.79 Å². The van der Waals surface area contributed by atoms with Gasteiger partial charge in [-0.15, -0.1) is 0 Å². The molecule has 0 atom stereocenters. The zero-order valence-electron chi connectivity index (χ0n) is 10.1. The van der Waals surface area contributed by atoms with Crippen LogP contribution in [0.15, 0.2) is 52.0 Å². The molecule has 1 aromatic carbocycles. The fourth-order valence-electron chi connectivity index (χ4n) is 1.55. The normalized spacial score (nSPS) is 9.68. The Hall–Kier alpha value is -2.72.